The highest BCUT2D eigenvalue weighted by Crippen LogP contribution is 2.12. The van der Waals surface area contributed by atoms with Gasteiger partial charge in [-0.05, 0) is 25.7 Å². The van der Waals surface area contributed by atoms with Crippen LogP contribution in [0.3, 0.4) is 0 Å². The lowest BCUT2D eigenvalue weighted by atomic mass is 10.0. The average Bonchev–Trinajstić information content (AvgIpc) is 3.16. The summed E-state index contributed by atoms with van der Waals surface area (Å²) in [5.41, 5.74) is 0. The standard InChI is InChI=1S/C39H68N4O15/c1-29(2)32(44)27-57-25-23-56-22-20-41-36(48)28-58-26-24-55-21-19-40-33(45)17-15-30(38(51)52)43-35(47)18-16-31(39(53)54)42-34(46)13-11-9-7-5-3-4-6-8-10-12-14-37(49)50/h29-31H,3-28H2,1-2H3,(H,40,45)(H,41,48)(H,42,46)(H,43,47)(H,49,50)(H,51,52)(H,53,54)/t30-,31-/m0/s1. The molecule has 0 aliphatic carbocycles. The Morgan fingerprint density at radius 1 is 0.448 bits per heavy atom. The van der Waals surface area contributed by atoms with E-state index in [1.165, 1.54) is 0 Å². The third-order valence-corrected chi connectivity index (χ3v) is 8.63. The van der Waals surface area contributed by atoms with Crippen LogP contribution in [0.5, 0.6) is 0 Å². The van der Waals surface area contributed by atoms with Gasteiger partial charge in [0.2, 0.25) is 23.6 Å². The van der Waals surface area contributed by atoms with E-state index < -0.39 is 47.7 Å². The molecule has 0 aromatic heterocycles. The third-order valence-electron chi connectivity index (χ3n) is 8.63. The van der Waals surface area contributed by atoms with E-state index in [-0.39, 0.29) is 115 Å². The predicted molar refractivity (Wildman–Crippen MR) is 210 cm³/mol. The van der Waals surface area contributed by atoms with Crippen LogP contribution in [0.25, 0.3) is 0 Å². The van der Waals surface area contributed by atoms with Gasteiger partial charge in [0, 0.05) is 44.7 Å². The summed E-state index contributed by atoms with van der Waals surface area (Å²) < 4.78 is 21.1. The minimum atomic E-state index is -1.38. The van der Waals surface area contributed by atoms with Gasteiger partial charge in [0.1, 0.15) is 25.3 Å². The first-order valence-electron chi connectivity index (χ1n) is 20.4. The zero-order valence-corrected chi connectivity index (χ0v) is 34.4. The van der Waals surface area contributed by atoms with Crippen molar-refractivity contribution in [1.29, 1.82) is 0 Å². The summed E-state index contributed by atoms with van der Waals surface area (Å²) >= 11 is 0. The second kappa shape index (κ2) is 35.9. The number of hydrogen-bond acceptors (Lipinski definition) is 12. The smallest absolute Gasteiger partial charge is 0.326 e. The van der Waals surface area contributed by atoms with Crippen molar-refractivity contribution in [2.75, 3.05) is 65.9 Å². The van der Waals surface area contributed by atoms with Crippen LogP contribution in [0.2, 0.25) is 0 Å². The highest BCUT2D eigenvalue weighted by molar-refractivity contribution is 5.86. The second-order valence-electron chi connectivity index (χ2n) is 14.1. The summed E-state index contributed by atoms with van der Waals surface area (Å²) in [5.74, 6) is -5.48. The molecule has 19 heteroatoms. The van der Waals surface area contributed by atoms with Gasteiger partial charge in [0.25, 0.3) is 0 Å². The minimum Gasteiger partial charge on any atom is -0.481 e. The molecule has 4 amide bonds. The third kappa shape index (κ3) is 33.9. The topological polar surface area (TPSA) is 282 Å². The summed E-state index contributed by atoms with van der Waals surface area (Å²) in [6.45, 7) is 5.16. The first kappa shape index (κ1) is 53.8. The van der Waals surface area contributed by atoms with E-state index in [4.69, 9.17) is 24.1 Å². The molecule has 0 heterocycles. The molecule has 0 rings (SSSR count). The maximum Gasteiger partial charge on any atom is 0.326 e. The molecule has 0 aromatic carbocycles. The Hall–Kier alpha value is -4.20. The number of unbranched alkanes of at least 4 members (excludes halogenated alkanes) is 9. The Labute approximate surface area is 341 Å². The van der Waals surface area contributed by atoms with Crippen LogP contribution >= 0.6 is 0 Å². The van der Waals surface area contributed by atoms with Crippen LogP contribution in [0.4, 0.5) is 0 Å². The predicted octanol–water partition coefficient (Wildman–Crippen LogP) is 1.98. The van der Waals surface area contributed by atoms with Crippen LogP contribution in [0.15, 0.2) is 0 Å². The van der Waals surface area contributed by atoms with E-state index in [0.29, 0.717) is 19.4 Å². The Bertz CT molecular complexity index is 1220. The molecule has 2 atom stereocenters. The highest BCUT2D eigenvalue weighted by Gasteiger charge is 2.24. The lowest BCUT2D eigenvalue weighted by molar-refractivity contribution is -0.143. The van der Waals surface area contributed by atoms with Crippen LogP contribution in [0.1, 0.15) is 117 Å². The molecule has 58 heavy (non-hydrogen) atoms. The molecular weight excluding hydrogens is 764 g/mol. The van der Waals surface area contributed by atoms with Crippen molar-refractivity contribution in [3.8, 4) is 0 Å². The van der Waals surface area contributed by atoms with Crippen molar-refractivity contribution >= 4 is 47.3 Å². The van der Waals surface area contributed by atoms with E-state index in [9.17, 15) is 48.6 Å². The maximum absolute atomic E-state index is 12.4. The molecule has 0 fully saturated rings. The Morgan fingerprint density at radius 2 is 0.845 bits per heavy atom. The molecule has 0 saturated heterocycles. The lowest BCUT2D eigenvalue weighted by Crippen LogP contribution is -2.44. The average molecular weight is 833 g/mol. The van der Waals surface area contributed by atoms with Crippen LogP contribution < -0.4 is 21.3 Å². The number of aliphatic carboxylic acids is 3. The fourth-order valence-corrected chi connectivity index (χ4v) is 5.18. The molecule has 7 N–H and O–H groups in total. The molecule has 0 unspecified atom stereocenters. The van der Waals surface area contributed by atoms with E-state index >= 15 is 0 Å². The first-order valence-corrected chi connectivity index (χ1v) is 20.4. The van der Waals surface area contributed by atoms with Crippen molar-refractivity contribution in [3.63, 3.8) is 0 Å². The minimum absolute atomic E-state index is 0.0195. The normalized spacial score (nSPS) is 12.1. The van der Waals surface area contributed by atoms with Gasteiger partial charge in [-0.3, -0.25) is 28.8 Å². The number of ketones is 1. The highest BCUT2D eigenvalue weighted by atomic mass is 16.5. The lowest BCUT2D eigenvalue weighted by Gasteiger charge is -2.17. The second-order valence-corrected chi connectivity index (χ2v) is 14.1. The fraction of sp³-hybridized carbons (Fsp3) is 0.795. The summed E-state index contributed by atoms with van der Waals surface area (Å²) in [5, 5.41) is 37.6. The summed E-state index contributed by atoms with van der Waals surface area (Å²) in [6, 6.07) is -2.70. The fourth-order valence-electron chi connectivity index (χ4n) is 5.18. The summed E-state index contributed by atoms with van der Waals surface area (Å²) in [7, 11) is 0. The molecule has 0 saturated carbocycles. The van der Waals surface area contributed by atoms with Gasteiger partial charge in [0.15, 0.2) is 5.78 Å². The first-order chi connectivity index (χ1) is 27.7. The van der Waals surface area contributed by atoms with Gasteiger partial charge in [0.05, 0.1) is 39.6 Å². The van der Waals surface area contributed by atoms with Crippen molar-refractivity contribution in [1.82, 2.24) is 21.3 Å². The molecule has 0 spiro atoms. The van der Waals surface area contributed by atoms with Crippen LogP contribution in [0, 0.1) is 5.92 Å². The van der Waals surface area contributed by atoms with E-state index in [1.807, 2.05) is 0 Å². The molecule has 0 aromatic rings. The number of amides is 4. The van der Waals surface area contributed by atoms with Gasteiger partial charge >= 0.3 is 17.9 Å². The number of carboxylic acid groups (broad SMARTS) is 3. The number of hydrogen-bond donors (Lipinski definition) is 7. The Morgan fingerprint density at radius 3 is 1.31 bits per heavy atom. The summed E-state index contributed by atoms with van der Waals surface area (Å²) in [6.07, 6.45) is 8.55. The van der Waals surface area contributed by atoms with E-state index in [2.05, 4.69) is 21.3 Å². The van der Waals surface area contributed by atoms with E-state index in [0.717, 1.165) is 51.4 Å². The number of nitrogens with one attached hydrogen (secondary N) is 4. The van der Waals surface area contributed by atoms with Gasteiger partial charge in [-0.2, -0.15) is 0 Å². The van der Waals surface area contributed by atoms with Gasteiger partial charge in [-0.25, -0.2) is 9.59 Å². The zero-order chi connectivity index (χ0) is 43.4. The Kier molecular flexibility index (Phi) is 33.3. The molecule has 0 aliphatic heterocycles. The van der Waals surface area contributed by atoms with Crippen molar-refractivity contribution in [3.05, 3.63) is 0 Å². The number of carboxylic acids is 3. The SMILES string of the molecule is CC(C)C(=O)COCCOCCNC(=O)COCCOCCNC(=O)CC[C@H](NC(=O)CC[C@H](NC(=O)CCCCCCCCCCCCC(=O)O)C(=O)O)C(=O)O. The number of rotatable bonds is 40. The summed E-state index contributed by atoms with van der Waals surface area (Å²) in [4.78, 5) is 94.1. The monoisotopic (exact) mass is 832 g/mol. The molecular formula is C39H68N4O15. The molecule has 0 bridgehead atoms. The van der Waals surface area contributed by atoms with Gasteiger partial charge in [-0.1, -0.05) is 65.2 Å². The molecule has 334 valence electrons. The number of carbonyl (C=O) groups excluding carboxylic acids is 5. The molecule has 19 nitrogen and oxygen atoms in total. The van der Waals surface area contributed by atoms with Crippen molar-refractivity contribution < 1.29 is 72.6 Å². The maximum atomic E-state index is 12.4. The largest absolute Gasteiger partial charge is 0.481 e. The van der Waals surface area contributed by atoms with Crippen LogP contribution in [-0.4, -0.2) is 141 Å². The number of carbonyl (C=O) groups is 8. The molecule has 0 radical (unpaired) electrons. The van der Waals surface area contributed by atoms with Crippen molar-refractivity contribution in [2.45, 2.75) is 129 Å². The van der Waals surface area contributed by atoms with Gasteiger partial charge in [-0.15, -0.1) is 0 Å². The van der Waals surface area contributed by atoms with Crippen LogP contribution in [-0.2, 0) is 57.3 Å². The van der Waals surface area contributed by atoms with E-state index in [1.54, 1.807) is 13.8 Å². The Balaban J connectivity index is 4.02. The quantitative estimate of drug-likeness (QED) is 0.0435. The van der Waals surface area contributed by atoms with Gasteiger partial charge < -0.3 is 55.5 Å². The number of Topliss-reactive ketones (excluding diaryl/α,β-unsaturated/α-hetero) is 1. The zero-order valence-electron chi connectivity index (χ0n) is 34.4. The number of ether oxygens (including phenoxy) is 4. The molecule has 0 aliphatic rings. The van der Waals surface area contributed by atoms with Crippen molar-refractivity contribution in [2.24, 2.45) is 5.92 Å².